The zero-order valence-corrected chi connectivity index (χ0v) is 10.6. The molecular weight excluding hydrogens is 264 g/mol. The van der Waals surface area contributed by atoms with Crippen molar-refractivity contribution in [3.8, 4) is 5.13 Å². The fourth-order valence-electron chi connectivity index (χ4n) is 1.87. The van der Waals surface area contributed by atoms with Crippen LogP contribution in [-0.2, 0) is 6.42 Å². The Hall–Kier alpha value is -2.48. The van der Waals surface area contributed by atoms with Gasteiger partial charge in [-0.2, -0.15) is 0 Å². The van der Waals surface area contributed by atoms with E-state index < -0.39 is 0 Å². The van der Waals surface area contributed by atoms with Crippen LogP contribution in [0.5, 0.6) is 0 Å². The number of nitrogens with zero attached hydrogens (tertiary/aromatic N) is 5. The van der Waals surface area contributed by atoms with Crippen molar-refractivity contribution in [2.75, 3.05) is 0 Å². The number of aromatic nitrogens is 4. The number of hydrogen-bond donors (Lipinski definition) is 2. The van der Waals surface area contributed by atoms with Crippen LogP contribution < -0.4 is 5.73 Å². The normalized spacial score (nSPS) is 12.1. The molecule has 0 amide bonds. The summed E-state index contributed by atoms with van der Waals surface area (Å²) in [6.45, 7) is 0. The van der Waals surface area contributed by atoms with Crippen molar-refractivity contribution in [3.05, 3.63) is 35.6 Å². The minimum Gasteiger partial charge on any atom is -0.409 e. The Morgan fingerprint density at radius 1 is 1.42 bits per heavy atom. The van der Waals surface area contributed by atoms with Crippen LogP contribution in [0.15, 0.2) is 34.9 Å². The van der Waals surface area contributed by atoms with Crippen molar-refractivity contribution in [1.82, 2.24) is 19.7 Å². The molecule has 3 aromatic rings. The first-order chi connectivity index (χ1) is 9.29. The number of fused-ring (bicyclic) bond motifs is 1. The third-order valence-corrected chi connectivity index (χ3v) is 3.31. The average molecular weight is 274 g/mol. The summed E-state index contributed by atoms with van der Waals surface area (Å²) in [5, 5.41) is 20.3. The molecule has 1 aromatic carbocycles. The predicted octanol–water partition coefficient (Wildman–Crippen LogP) is 1.17. The molecule has 96 valence electrons. The average Bonchev–Trinajstić information content (AvgIpc) is 3.04. The Morgan fingerprint density at radius 3 is 3.00 bits per heavy atom. The molecule has 3 rings (SSSR count). The van der Waals surface area contributed by atoms with E-state index in [1.54, 1.807) is 5.51 Å². The highest BCUT2D eigenvalue weighted by Gasteiger charge is 2.15. The van der Waals surface area contributed by atoms with Gasteiger partial charge in [-0.25, -0.2) is 4.98 Å². The molecule has 0 aliphatic carbocycles. The van der Waals surface area contributed by atoms with Crippen molar-refractivity contribution < 1.29 is 5.21 Å². The summed E-state index contributed by atoms with van der Waals surface area (Å²) in [4.78, 5) is 4.49. The van der Waals surface area contributed by atoms with Crippen LogP contribution in [0.4, 0.5) is 0 Å². The monoisotopic (exact) mass is 274 g/mol. The van der Waals surface area contributed by atoms with Crippen LogP contribution in [0.2, 0.25) is 0 Å². The molecule has 0 radical (unpaired) electrons. The number of oxime groups is 1. The summed E-state index contributed by atoms with van der Waals surface area (Å²) in [6, 6.07) is 7.68. The highest BCUT2D eigenvalue weighted by Crippen LogP contribution is 2.22. The Labute approximate surface area is 112 Å². The number of benzene rings is 1. The first-order valence-electron chi connectivity index (χ1n) is 5.49. The molecule has 0 saturated carbocycles. The van der Waals surface area contributed by atoms with Crippen molar-refractivity contribution in [3.63, 3.8) is 0 Å². The summed E-state index contributed by atoms with van der Waals surface area (Å²) in [5.41, 5.74) is 8.96. The second-order valence-electron chi connectivity index (χ2n) is 3.84. The van der Waals surface area contributed by atoms with E-state index in [4.69, 9.17) is 10.9 Å². The van der Waals surface area contributed by atoms with Crippen LogP contribution in [0.1, 0.15) is 5.82 Å². The Balaban J connectivity index is 2.23. The maximum absolute atomic E-state index is 8.69. The summed E-state index contributed by atoms with van der Waals surface area (Å²) < 4.78 is 1.87. The molecule has 0 atom stereocenters. The quantitative estimate of drug-likeness (QED) is 0.323. The summed E-state index contributed by atoms with van der Waals surface area (Å²) in [5.74, 6) is 0.759. The Morgan fingerprint density at radius 2 is 2.26 bits per heavy atom. The number of amidine groups is 1. The van der Waals surface area contributed by atoms with Gasteiger partial charge >= 0.3 is 0 Å². The molecule has 0 saturated heterocycles. The van der Waals surface area contributed by atoms with E-state index in [1.807, 2.05) is 28.8 Å². The van der Waals surface area contributed by atoms with Crippen LogP contribution in [-0.4, -0.2) is 30.8 Å². The van der Waals surface area contributed by atoms with E-state index in [0.29, 0.717) is 11.0 Å². The summed E-state index contributed by atoms with van der Waals surface area (Å²) in [6.07, 6.45) is 0.241. The lowest BCUT2D eigenvalue weighted by molar-refractivity contribution is 0.317. The van der Waals surface area contributed by atoms with Gasteiger partial charge in [0.25, 0.3) is 0 Å². The number of rotatable bonds is 3. The van der Waals surface area contributed by atoms with Crippen LogP contribution >= 0.6 is 11.3 Å². The van der Waals surface area contributed by atoms with E-state index in [-0.39, 0.29) is 12.3 Å². The molecule has 0 bridgehead atoms. The second-order valence-corrected chi connectivity index (χ2v) is 4.65. The first-order valence-corrected chi connectivity index (χ1v) is 6.37. The Kier molecular flexibility index (Phi) is 2.84. The molecule has 0 aliphatic rings. The van der Waals surface area contributed by atoms with Gasteiger partial charge in [-0.3, -0.25) is 4.57 Å². The van der Waals surface area contributed by atoms with Crippen LogP contribution in [0.3, 0.4) is 0 Å². The van der Waals surface area contributed by atoms with Crippen molar-refractivity contribution in [1.29, 1.82) is 0 Å². The van der Waals surface area contributed by atoms with Gasteiger partial charge in [0.15, 0.2) is 0 Å². The lowest BCUT2D eigenvalue weighted by atomic mass is 10.3. The minimum absolute atomic E-state index is 0.0982. The van der Waals surface area contributed by atoms with Gasteiger partial charge in [0, 0.05) is 0 Å². The van der Waals surface area contributed by atoms with Gasteiger partial charge in [-0.1, -0.05) is 28.6 Å². The highest BCUT2D eigenvalue weighted by molar-refractivity contribution is 7.11. The summed E-state index contributed by atoms with van der Waals surface area (Å²) in [7, 11) is 0. The molecular formula is C11H10N6OS. The Bertz CT molecular complexity index is 733. The maximum Gasteiger partial charge on any atom is 0.218 e. The smallest absolute Gasteiger partial charge is 0.218 e. The predicted molar refractivity (Wildman–Crippen MR) is 71.6 cm³/mol. The van der Waals surface area contributed by atoms with Gasteiger partial charge in [-0.15, -0.1) is 10.2 Å². The van der Waals surface area contributed by atoms with Gasteiger partial charge in [-0.05, 0) is 12.1 Å². The molecule has 0 spiro atoms. The molecule has 2 heterocycles. The van der Waals surface area contributed by atoms with Gasteiger partial charge in [0.2, 0.25) is 5.13 Å². The molecule has 19 heavy (non-hydrogen) atoms. The zero-order valence-electron chi connectivity index (χ0n) is 9.76. The van der Waals surface area contributed by atoms with Gasteiger partial charge in [0.1, 0.15) is 17.2 Å². The molecule has 7 nitrogen and oxygen atoms in total. The lowest BCUT2D eigenvalue weighted by Crippen LogP contribution is -2.17. The fourth-order valence-corrected chi connectivity index (χ4v) is 2.46. The number of para-hydroxylation sites is 2. The van der Waals surface area contributed by atoms with Crippen molar-refractivity contribution >= 4 is 28.2 Å². The third-order valence-electron chi connectivity index (χ3n) is 2.64. The van der Waals surface area contributed by atoms with E-state index in [0.717, 1.165) is 11.0 Å². The van der Waals surface area contributed by atoms with E-state index in [2.05, 4.69) is 20.3 Å². The first kappa shape index (κ1) is 11.6. The standard InChI is InChI=1S/C11H10N6OS/c12-9(16-18)5-10-14-7-3-1-2-4-8(7)17(10)11-15-13-6-19-11/h1-4,6,18H,5H2,(H2,12,16). The summed E-state index contributed by atoms with van der Waals surface area (Å²) >= 11 is 1.40. The zero-order chi connectivity index (χ0) is 13.2. The number of hydrogen-bond acceptors (Lipinski definition) is 6. The largest absolute Gasteiger partial charge is 0.409 e. The highest BCUT2D eigenvalue weighted by atomic mass is 32.1. The number of nitrogens with two attached hydrogens (primary N) is 1. The second kappa shape index (κ2) is 4.65. The van der Waals surface area contributed by atoms with E-state index in [1.165, 1.54) is 11.3 Å². The fraction of sp³-hybridized carbons (Fsp3) is 0.0909. The molecule has 0 fully saturated rings. The topological polar surface area (TPSA) is 102 Å². The van der Waals surface area contributed by atoms with Gasteiger partial charge in [0.05, 0.1) is 17.5 Å². The van der Waals surface area contributed by atoms with Crippen molar-refractivity contribution in [2.45, 2.75) is 6.42 Å². The minimum atomic E-state index is 0.0982. The molecule has 8 heteroatoms. The lowest BCUT2D eigenvalue weighted by Gasteiger charge is -2.03. The maximum atomic E-state index is 8.69. The van der Waals surface area contributed by atoms with Crippen molar-refractivity contribution in [2.24, 2.45) is 10.9 Å². The van der Waals surface area contributed by atoms with Gasteiger partial charge < -0.3 is 10.9 Å². The third kappa shape index (κ3) is 2.02. The van der Waals surface area contributed by atoms with Crippen LogP contribution in [0.25, 0.3) is 16.2 Å². The SMILES string of the molecule is NC(Cc1nc2ccccc2n1-c1nncs1)=NO. The van der Waals surface area contributed by atoms with E-state index >= 15 is 0 Å². The molecule has 2 aromatic heterocycles. The molecule has 0 unspecified atom stereocenters. The van der Waals surface area contributed by atoms with Crippen LogP contribution in [0, 0.1) is 0 Å². The molecule has 0 aliphatic heterocycles. The molecule has 3 N–H and O–H groups in total. The van der Waals surface area contributed by atoms with E-state index in [9.17, 15) is 0 Å². The number of imidazole rings is 1.